The van der Waals surface area contributed by atoms with Crippen LogP contribution in [0.25, 0.3) is 0 Å². The van der Waals surface area contributed by atoms with Crippen molar-refractivity contribution in [2.24, 2.45) is 0 Å². The summed E-state index contributed by atoms with van der Waals surface area (Å²) in [5.41, 5.74) is 1.45. The minimum Gasteiger partial charge on any atom is -0.348 e. The van der Waals surface area contributed by atoms with Crippen molar-refractivity contribution in [3.8, 4) is 0 Å². The first-order chi connectivity index (χ1) is 13.1. The van der Waals surface area contributed by atoms with Crippen LogP contribution in [0.3, 0.4) is 0 Å². The Morgan fingerprint density at radius 1 is 0.926 bits per heavy atom. The zero-order valence-electron chi connectivity index (χ0n) is 15.2. The molecule has 0 spiro atoms. The molecule has 2 aromatic rings. The second-order valence-electron chi connectivity index (χ2n) is 6.88. The van der Waals surface area contributed by atoms with Crippen molar-refractivity contribution in [3.05, 3.63) is 64.4 Å². The third-order valence-electron chi connectivity index (χ3n) is 4.77. The molecular weight excluding hydrogens is 362 g/mol. The Morgan fingerprint density at radius 3 is 2.22 bits per heavy atom. The Kier molecular flexibility index (Phi) is 6.82. The van der Waals surface area contributed by atoms with Gasteiger partial charge in [0, 0.05) is 17.6 Å². The fourth-order valence-corrected chi connectivity index (χ4v) is 3.37. The highest BCUT2D eigenvalue weighted by Gasteiger charge is 2.17. The summed E-state index contributed by atoms with van der Waals surface area (Å²) in [6.07, 6.45) is 6.76. The SMILES string of the molecule is O=C(NCc1ccc(Cl)cc1)c1cccc(C(=O)NC2CCCCCC2)n1. The number of carbonyl (C=O) groups excluding carboxylic acids is 2. The predicted octanol–water partition coefficient (Wildman–Crippen LogP) is 4.12. The number of nitrogens with zero attached hydrogens (tertiary/aromatic N) is 1. The minimum absolute atomic E-state index is 0.198. The molecule has 1 aromatic heterocycles. The standard InChI is InChI=1S/C21H24ClN3O2/c22-16-12-10-15(11-13-16)14-23-20(26)18-8-5-9-19(25-18)21(27)24-17-6-3-1-2-4-7-17/h5,8-13,17H,1-4,6-7,14H2,(H,23,26)(H,24,27). The van der Waals surface area contributed by atoms with Gasteiger partial charge in [-0.05, 0) is 42.7 Å². The van der Waals surface area contributed by atoms with Gasteiger partial charge in [0.1, 0.15) is 11.4 Å². The van der Waals surface area contributed by atoms with Crippen molar-refractivity contribution in [1.82, 2.24) is 15.6 Å². The lowest BCUT2D eigenvalue weighted by molar-refractivity contribution is 0.0927. The summed E-state index contributed by atoms with van der Waals surface area (Å²) in [6, 6.07) is 12.4. The monoisotopic (exact) mass is 385 g/mol. The molecule has 1 saturated carbocycles. The molecule has 1 aromatic carbocycles. The maximum Gasteiger partial charge on any atom is 0.270 e. The van der Waals surface area contributed by atoms with E-state index >= 15 is 0 Å². The second-order valence-corrected chi connectivity index (χ2v) is 7.32. The zero-order valence-corrected chi connectivity index (χ0v) is 16.0. The molecule has 6 heteroatoms. The summed E-state index contributed by atoms with van der Waals surface area (Å²) >= 11 is 5.86. The van der Waals surface area contributed by atoms with Crippen molar-refractivity contribution < 1.29 is 9.59 Å². The summed E-state index contributed by atoms with van der Waals surface area (Å²) in [5.74, 6) is -0.525. The summed E-state index contributed by atoms with van der Waals surface area (Å²) in [6.45, 7) is 0.371. The van der Waals surface area contributed by atoms with Crippen LogP contribution in [0, 0.1) is 0 Å². The average molecular weight is 386 g/mol. The van der Waals surface area contributed by atoms with Crippen molar-refractivity contribution in [1.29, 1.82) is 0 Å². The van der Waals surface area contributed by atoms with Crippen LogP contribution < -0.4 is 10.6 Å². The van der Waals surface area contributed by atoms with Gasteiger partial charge in [-0.2, -0.15) is 0 Å². The molecule has 27 heavy (non-hydrogen) atoms. The molecule has 0 saturated heterocycles. The molecule has 2 N–H and O–H groups in total. The average Bonchev–Trinajstić information content (AvgIpc) is 2.96. The first-order valence-electron chi connectivity index (χ1n) is 9.42. The molecule has 0 aliphatic heterocycles. The highest BCUT2D eigenvalue weighted by molar-refractivity contribution is 6.30. The summed E-state index contributed by atoms with van der Waals surface area (Å²) in [7, 11) is 0. The first-order valence-corrected chi connectivity index (χ1v) is 9.80. The molecular formula is C21H24ClN3O2. The lowest BCUT2D eigenvalue weighted by atomic mass is 10.1. The van der Waals surface area contributed by atoms with E-state index in [4.69, 9.17) is 11.6 Å². The fourth-order valence-electron chi connectivity index (χ4n) is 3.25. The highest BCUT2D eigenvalue weighted by Crippen LogP contribution is 2.17. The number of nitrogens with one attached hydrogen (secondary N) is 2. The fraction of sp³-hybridized carbons (Fsp3) is 0.381. The number of hydrogen-bond donors (Lipinski definition) is 2. The van der Waals surface area contributed by atoms with Crippen LogP contribution >= 0.6 is 11.6 Å². The number of pyridine rings is 1. The summed E-state index contributed by atoms with van der Waals surface area (Å²) in [4.78, 5) is 29.1. The Balaban J connectivity index is 1.59. The van der Waals surface area contributed by atoms with E-state index in [1.54, 1.807) is 30.3 Å². The van der Waals surface area contributed by atoms with Gasteiger partial charge in [-0.15, -0.1) is 0 Å². The maximum absolute atomic E-state index is 12.5. The number of benzene rings is 1. The number of aromatic nitrogens is 1. The Morgan fingerprint density at radius 2 is 1.56 bits per heavy atom. The number of amides is 2. The van der Waals surface area contributed by atoms with E-state index in [9.17, 15) is 9.59 Å². The quantitative estimate of drug-likeness (QED) is 0.760. The van der Waals surface area contributed by atoms with E-state index in [1.165, 1.54) is 12.8 Å². The molecule has 5 nitrogen and oxygen atoms in total. The number of rotatable bonds is 5. The Hall–Kier alpha value is -2.40. The smallest absolute Gasteiger partial charge is 0.270 e. The van der Waals surface area contributed by atoms with Gasteiger partial charge in [0.15, 0.2) is 0 Å². The van der Waals surface area contributed by atoms with Gasteiger partial charge in [-0.1, -0.05) is 55.5 Å². The predicted molar refractivity (Wildman–Crippen MR) is 106 cm³/mol. The Bertz CT molecular complexity index is 784. The molecule has 1 heterocycles. The normalized spacial score (nSPS) is 15.0. The summed E-state index contributed by atoms with van der Waals surface area (Å²) < 4.78 is 0. The van der Waals surface area contributed by atoms with E-state index in [2.05, 4.69) is 15.6 Å². The number of halogens is 1. The first kappa shape index (κ1) is 19.4. The van der Waals surface area contributed by atoms with Gasteiger partial charge in [0.25, 0.3) is 11.8 Å². The molecule has 142 valence electrons. The van der Waals surface area contributed by atoms with Gasteiger partial charge >= 0.3 is 0 Å². The van der Waals surface area contributed by atoms with E-state index in [1.807, 2.05) is 12.1 Å². The number of carbonyl (C=O) groups is 2. The topological polar surface area (TPSA) is 71.1 Å². The van der Waals surface area contributed by atoms with Crippen molar-refractivity contribution in [2.45, 2.75) is 51.1 Å². The van der Waals surface area contributed by atoms with Crippen LogP contribution in [0.4, 0.5) is 0 Å². The molecule has 0 bridgehead atoms. The number of hydrogen-bond acceptors (Lipinski definition) is 3. The lowest BCUT2D eigenvalue weighted by Crippen LogP contribution is -2.35. The molecule has 2 amide bonds. The van der Waals surface area contributed by atoms with Gasteiger partial charge in [0.2, 0.25) is 0 Å². The van der Waals surface area contributed by atoms with Crippen molar-refractivity contribution in [3.63, 3.8) is 0 Å². The van der Waals surface area contributed by atoms with Crippen LogP contribution in [-0.2, 0) is 6.54 Å². The van der Waals surface area contributed by atoms with Crippen molar-refractivity contribution in [2.75, 3.05) is 0 Å². The molecule has 1 fully saturated rings. The third kappa shape index (κ3) is 5.79. The Labute approximate surface area is 164 Å². The van der Waals surface area contributed by atoms with Crippen LogP contribution in [0.2, 0.25) is 5.02 Å². The molecule has 1 aliphatic rings. The minimum atomic E-state index is -0.311. The van der Waals surface area contributed by atoms with Gasteiger partial charge in [-0.25, -0.2) is 4.98 Å². The van der Waals surface area contributed by atoms with Crippen LogP contribution in [0.5, 0.6) is 0 Å². The zero-order chi connectivity index (χ0) is 19.1. The van der Waals surface area contributed by atoms with Gasteiger partial charge in [-0.3, -0.25) is 9.59 Å². The van der Waals surface area contributed by atoms with Crippen LogP contribution in [0.1, 0.15) is 65.1 Å². The largest absolute Gasteiger partial charge is 0.348 e. The van der Waals surface area contributed by atoms with E-state index in [0.717, 1.165) is 31.2 Å². The van der Waals surface area contributed by atoms with E-state index in [0.29, 0.717) is 11.6 Å². The van der Waals surface area contributed by atoms with E-state index < -0.39 is 0 Å². The molecule has 0 atom stereocenters. The summed E-state index contributed by atoms with van der Waals surface area (Å²) in [5, 5.41) is 6.53. The van der Waals surface area contributed by atoms with Gasteiger partial charge < -0.3 is 10.6 Å². The third-order valence-corrected chi connectivity index (χ3v) is 5.02. The van der Waals surface area contributed by atoms with E-state index in [-0.39, 0.29) is 29.2 Å². The highest BCUT2D eigenvalue weighted by atomic mass is 35.5. The molecule has 0 unspecified atom stereocenters. The molecule has 3 rings (SSSR count). The van der Waals surface area contributed by atoms with Crippen molar-refractivity contribution >= 4 is 23.4 Å². The lowest BCUT2D eigenvalue weighted by Gasteiger charge is -2.16. The molecule has 0 radical (unpaired) electrons. The van der Waals surface area contributed by atoms with Gasteiger partial charge in [0.05, 0.1) is 0 Å². The van der Waals surface area contributed by atoms with Crippen LogP contribution in [-0.4, -0.2) is 22.8 Å². The van der Waals surface area contributed by atoms with Crippen LogP contribution in [0.15, 0.2) is 42.5 Å². The maximum atomic E-state index is 12.5. The second kappa shape index (κ2) is 9.51. The molecule has 1 aliphatic carbocycles.